The van der Waals surface area contributed by atoms with Crippen molar-refractivity contribution < 1.29 is 9.53 Å². The quantitative estimate of drug-likeness (QED) is 0.739. The molecule has 3 nitrogen and oxygen atoms in total. The number of Topliss-reactive ketones (excluding diaryl/α,β-unsaturated/α-hetero) is 1. The van der Waals surface area contributed by atoms with Gasteiger partial charge in [0.1, 0.15) is 0 Å². The van der Waals surface area contributed by atoms with Crippen molar-refractivity contribution in [2.45, 2.75) is 39.8 Å². The topological polar surface area (TPSA) is 29.5 Å². The Hall–Kier alpha value is -1.19. The van der Waals surface area contributed by atoms with Gasteiger partial charge < -0.3 is 4.74 Å². The molecule has 0 fully saturated rings. The summed E-state index contributed by atoms with van der Waals surface area (Å²) in [6, 6.07) is 6.09. The van der Waals surface area contributed by atoms with Crippen LogP contribution in [0.4, 0.5) is 0 Å². The zero-order valence-electron chi connectivity index (χ0n) is 12.9. The summed E-state index contributed by atoms with van der Waals surface area (Å²) in [5, 5.41) is 0. The largest absolute Gasteiger partial charge is 0.383 e. The van der Waals surface area contributed by atoms with Crippen molar-refractivity contribution in [3.05, 3.63) is 34.9 Å². The Bertz CT molecular complexity index is 442. The van der Waals surface area contributed by atoms with Crippen LogP contribution < -0.4 is 0 Å². The van der Waals surface area contributed by atoms with Crippen molar-refractivity contribution in [3.63, 3.8) is 0 Å². The maximum atomic E-state index is 12.6. The Labute approximate surface area is 116 Å². The Kier molecular flexibility index (Phi) is 5.70. The first-order valence-electron chi connectivity index (χ1n) is 6.70. The van der Waals surface area contributed by atoms with Crippen LogP contribution in [0.5, 0.6) is 0 Å². The first kappa shape index (κ1) is 15.9. The number of ether oxygens (including phenoxy) is 1. The van der Waals surface area contributed by atoms with Crippen LogP contribution in [0.2, 0.25) is 0 Å². The zero-order valence-corrected chi connectivity index (χ0v) is 12.9. The van der Waals surface area contributed by atoms with E-state index >= 15 is 0 Å². The molecule has 0 aliphatic rings. The Morgan fingerprint density at radius 3 is 2.53 bits per heavy atom. The van der Waals surface area contributed by atoms with E-state index in [1.54, 1.807) is 7.11 Å². The second kappa shape index (κ2) is 6.83. The molecule has 2 unspecified atom stereocenters. The van der Waals surface area contributed by atoms with Crippen molar-refractivity contribution in [1.82, 2.24) is 4.90 Å². The third-order valence-corrected chi connectivity index (χ3v) is 3.75. The third-order valence-electron chi connectivity index (χ3n) is 3.75. The summed E-state index contributed by atoms with van der Waals surface area (Å²) in [7, 11) is 3.65. The monoisotopic (exact) mass is 263 g/mol. The molecule has 0 aliphatic carbocycles. The molecule has 3 heteroatoms. The fraction of sp³-hybridized carbons (Fsp3) is 0.562. The van der Waals surface area contributed by atoms with Crippen LogP contribution in [0, 0.1) is 13.8 Å². The average Bonchev–Trinajstić information content (AvgIpc) is 2.39. The zero-order chi connectivity index (χ0) is 14.6. The summed E-state index contributed by atoms with van der Waals surface area (Å²) in [6.07, 6.45) is 0. The number of rotatable bonds is 6. The summed E-state index contributed by atoms with van der Waals surface area (Å²) in [6.45, 7) is 8.64. The molecule has 1 aromatic carbocycles. The molecule has 0 aliphatic heterocycles. The number of hydrogen-bond acceptors (Lipinski definition) is 3. The lowest BCUT2D eigenvalue weighted by Crippen LogP contribution is -2.43. The van der Waals surface area contributed by atoms with E-state index < -0.39 is 0 Å². The molecule has 0 radical (unpaired) electrons. The Morgan fingerprint density at radius 2 is 1.95 bits per heavy atom. The fourth-order valence-corrected chi connectivity index (χ4v) is 2.15. The molecule has 0 saturated carbocycles. The number of benzene rings is 1. The lowest BCUT2D eigenvalue weighted by Gasteiger charge is -2.29. The molecule has 19 heavy (non-hydrogen) atoms. The highest BCUT2D eigenvalue weighted by molar-refractivity contribution is 6.01. The lowest BCUT2D eigenvalue weighted by atomic mass is 9.97. The normalized spacial score (nSPS) is 14.5. The van der Waals surface area contributed by atoms with Gasteiger partial charge >= 0.3 is 0 Å². The van der Waals surface area contributed by atoms with Gasteiger partial charge in [-0.15, -0.1) is 0 Å². The second-order valence-corrected chi connectivity index (χ2v) is 5.33. The molecule has 0 heterocycles. The van der Waals surface area contributed by atoms with E-state index in [1.807, 2.05) is 46.0 Å². The number of hydrogen-bond donors (Lipinski definition) is 0. The van der Waals surface area contributed by atoms with Gasteiger partial charge in [-0.05, 0) is 46.4 Å². The predicted molar refractivity (Wildman–Crippen MR) is 78.8 cm³/mol. The highest BCUT2D eigenvalue weighted by Crippen LogP contribution is 2.16. The van der Waals surface area contributed by atoms with Crippen LogP contribution >= 0.6 is 0 Å². The van der Waals surface area contributed by atoms with Crippen LogP contribution in [-0.2, 0) is 4.74 Å². The molecule has 0 bridgehead atoms. The van der Waals surface area contributed by atoms with Crippen molar-refractivity contribution in [3.8, 4) is 0 Å². The van der Waals surface area contributed by atoms with Gasteiger partial charge in [-0.2, -0.15) is 0 Å². The van der Waals surface area contributed by atoms with Gasteiger partial charge in [0.15, 0.2) is 5.78 Å². The summed E-state index contributed by atoms with van der Waals surface area (Å²) in [4.78, 5) is 14.6. The number of ketones is 1. The van der Waals surface area contributed by atoms with E-state index in [-0.39, 0.29) is 17.9 Å². The molecule has 1 rings (SSSR count). The van der Waals surface area contributed by atoms with Gasteiger partial charge in [-0.3, -0.25) is 9.69 Å². The van der Waals surface area contributed by atoms with Crippen LogP contribution in [-0.4, -0.2) is 43.5 Å². The minimum atomic E-state index is -0.148. The summed E-state index contributed by atoms with van der Waals surface area (Å²) in [5.41, 5.74) is 2.98. The number of methoxy groups -OCH3 is 1. The van der Waals surface area contributed by atoms with Crippen molar-refractivity contribution in [2.75, 3.05) is 20.8 Å². The number of carbonyl (C=O) groups is 1. The van der Waals surface area contributed by atoms with E-state index in [0.29, 0.717) is 6.61 Å². The predicted octanol–water partition coefficient (Wildman–Crippen LogP) is 2.84. The maximum Gasteiger partial charge on any atom is 0.179 e. The molecule has 1 aromatic rings. The summed E-state index contributed by atoms with van der Waals surface area (Å²) >= 11 is 0. The molecule has 0 amide bonds. The molecule has 0 N–H and O–H groups in total. The molecular weight excluding hydrogens is 238 g/mol. The highest BCUT2D eigenvalue weighted by Gasteiger charge is 2.24. The van der Waals surface area contributed by atoms with Gasteiger partial charge in [0.2, 0.25) is 0 Å². The van der Waals surface area contributed by atoms with Crippen molar-refractivity contribution in [2.24, 2.45) is 0 Å². The standard InChI is InChI=1S/C16H25NO2/c1-11-7-8-12(2)15(9-11)16(18)14(4)17(5)13(3)10-19-6/h7-9,13-14H,10H2,1-6H3. The fourth-order valence-electron chi connectivity index (χ4n) is 2.15. The number of carbonyl (C=O) groups excluding carboxylic acids is 1. The van der Waals surface area contributed by atoms with Gasteiger partial charge in [0.25, 0.3) is 0 Å². The summed E-state index contributed by atoms with van der Waals surface area (Å²) in [5.74, 6) is 0.173. The van der Waals surface area contributed by atoms with E-state index in [4.69, 9.17) is 4.74 Å². The number of aryl methyl sites for hydroxylation is 2. The minimum Gasteiger partial charge on any atom is -0.383 e. The van der Waals surface area contributed by atoms with E-state index in [1.165, 1.54) is 0 Å². The number of nitrogens with zero attached hydrogens (tertiary/aromatic N) is 1. The molecule has 0 saturated heterocycles. The molecular formula is C16H25NO2. The molecule has 0 spiro atoms. The molecule has 0 aromatic heterocycles. The lowest BCUT2D eigenvalue weighted by molar-refractivity contribution is 0.0692. The van der Waals surface area contributed by atoms with E-state index in [2.05, 4.69) is 11.8 Å². The van der Waals surface area contributed by atoms with Gasteiger partial charge in [-0.1, -0.05) is 17.7 Å². The van der Waals surface area contributed by atoms with Crippen LogP contribution in [0.15, 0.2) is 18.2 Å². The molecule has 106 valence electrons. The van der Waals surface area contributed by atoms with Crippen LogP contribution in [0.3, 0.4) is 0 Å². The van der Waals surface area contributed by atoms with Crippen LogP contribution in [0.1, 0.15) is 35.3 Å². The highest BCUT2D eigenvalue weighted by atomic mass is 16.5. The maximum absolute atomic E-state index is 12.6. The smallest absolute Gasteiger partial charge is 0.179 e. The average molecular weight is 263 g/mol. The first-order chi connectivity index (χ1) is 8.88. The van der Waals surface area contributed by atoms with Crippen LogP contribution in [0.25, 0.3) is 0 Å². The Morgan fingerprint density at radius 1 is 1.32 bits per heavy atom. The van der Waals surface area contributed by atoms with Gasteiger partial charge in [0.05, 0.1) is 12.6 Å². The van der Waals surface area contributed by atoms with E-state index in [0.717, 1.165) is 16.7 Å². The van der Waals surface area contributed by atoms with E-state index in [9.17, 15) is 4.79 Å². The summed E-state index contributed by atoms with van der Waals surface area (Å²) < 4.78 is 5.15. The number of likely N-dealkylation sites (N-methyl/N-ethyl adjacent to an activating group) is 1. The van der Waals surface area contributed by atoms with Gasteiger partial charge in [0, 0.05) is 18.7 Å². The minimum absolute atomic E-state index is 0.148. The van der Waals surface area contributed by atoms with Crippen molar-refractivity contribution in [1.29, 1.82) is 0 Å². The SMILES string of the molecule is COCC(C)N(C)C(C)C(=O)c1cc(C)ccc1C. The second-order valence-electron chi connectivity index (χ2n) is 5.33. The molecule has 2 atom stereocenters. The Balaban J connectivity index is 2.90. The van der Waals surface area contributed by atoms with Gasteiger partial charge in [-0.25, -0.2) is 0 Å². The first-order valence-corrected chi connectivity index (χ1v) is 6.70. The van der Waals surface area contributed by atoms with Crippen molar-refractivity contribution >= 4 is 5.78 Å². The third kappa shape index (κ3) is 3.88.